The molecule has 0 aliphatic heterocycles. The maximum Gasteiger partial charge on any atom is 0.0731 e. The third kappa shape index (κ3) is 7.41. The van der Waals surface area contributed by atoms with Crippen LogP contribution in [0.4, 0.5) is 34.1 Å². The second-order valence-corrected chi connectivity index (χ2v) is 25.1. The van der Waals surface area contributed by atoms with E-state index in [4.69, 9.17) is 0 Å². The average Bonchev–Trinajstić information content (AvgIpc) is 1.54. The standard InChI is InChI=1S/C85H62N2/c1-83(2)71-35-16-14-31-69(71)80-76(83)40-22-42-78(80)86(60-48-44-57(45-49-60)55-24-7-5-8-25-55)62-52-59(64-33-21-34-68-67-30-13-20-39-75(67)85(82(64)68)73-37-18-11-28-65(73)66-29-12-19-38-74(66)85)53-63(54-62)87(61-50-46-58(47-51-61)56-26-9-6-10-27-56)79-43-23-41-77-81(79)70-32-15-17-36-72(70)84(77,3)4/h5-54H,1-4H3. The minimum absolute atomic E-state index is 0.222. The first-order chi connectivity index (χ1) is 42.7. The Morgan fingerprint density at radius 3 is 0.977 bits per heavy atom. The van der Waals surface area contributed by atoms with Gasteiger partial charge in [-0.15, -0.1) is 0 Å². The number of hydrogen-bond acceptors (Lipinski definition) is 2. The Labute approximate surface area is 510 Å². The zero-order chi connectivity index (χ0) is 58.2. The minimum Gasteiger partial charge on any atom is -0.310 e. The van der Waals surface area contributed by atoms with E-state index >= 15 is 0 Å². The van der Waals surface area contributed by atoms with Gasteiger partial charge in [-0.2, -0.15) is 0 Å². The van der Waals surface area contributed by atoms with E-state index in [2.05, 4.69) is 341 Å². The van der Waals surface area contributed by atoms with Crippen molar-refractivity contribution in [2.24, 2.45) is 0 Å². The number of rotatable bonds is 9. The van der Waals surface area contributed by atoms with Gasteiger partial charge >= 0.3 is 0 Å². The highest BCUT2D eigenvalue weighted by atomic mass is 15.2. The summed E-state index contributed by atoms with van der Waals surface area (Å²) in [5.41, 5.74) is 33.4. The predicted octanol–water partition coefficient (Wildman–Crippen LogP) is 22.6. The third-order valence-corrected chi connectivity index (χ3v) is 19.9. The molecule has 4 aliphatic rings. The molecule has 87 heavy (non-hydrogen) atoms. The molecule has 2 heteroatoms. The zero-order valence-corrected chi connectivity index (χ0v) is 49.3. The average molecular weight is 1110 g/mol. The Kier molecular flexibility index (Phi) is 11.3. The van der Waals surface area contributed by atoms with E-state index in [0.717, 1.165) is 39.7 Å². The van der Waals surface area contributed by atoms with E-state index < -0.39 is 5.41 Å². The predicted molar refractivity (Wildman–Crippen MR) is 364 cm³/mol. The van der Waals surface area contributed by atoms with Crippen molar-refractivity contribution < 1.29 is 0 Å². The fourth-order valence-electron chi connectivity index (χ4n) is 16.0. The maximum atomic E-state index is 2.57. The van der Waals surface area contributed by atoms with Gasteiger partial charge in [-0.1, -0.05) is 276 Å². The van der Waals surface area contributed by atoms with Crippen molar-refractivity contribution >= 4 is 34.1 Å². The van der Waals surface area contributed by atoms with Crippen LogP contribution in [0.15, 0.2) is 303 Å². The molecule has 17 rings (SSSR count). The van der Waals surface area contributed by atoms with Crippen LogP contribution in [0.25, 0.3) is 77.9 Å². The monoisotopic (exact) mass is 1110 g/mol. The Bertz CT molecular complexity index is 4640. The van der Waals surface area contributed by atoms with Gasteiger partial charge in [0.05, 0.1) is 16.8 Å². The quantitative estimate of drug-likeness (QED) is 0.142. The summed E-state index contributed by atoms with van der Waals surface area (Å²) < 4.78 is 0. The molecule has 0 bridgehead atoms. The summed E-state index contributed by atoms with van der Waals surface area (Å²) in [5.74, 6) is 0. The minimum atomic E-state index is -0.586. The van der Waals surface area contributed by atoms with Crippen molar-refractivity contribution in [3.63, 3.8) is 0 Å². The van der Waals surface area contributed by atoms with E-state index in [-0.39, 0.29) is 10.8 Å². The lowest BCUT2D eigenvalue weighted by Crippen LogP contribution is -2.26. The second-order valence-electron chi connectivity index (χ2n) is 25.1. The van der Waals surface area contributed by atoms with Crippen molar-refractivity contribution in [1.29, 1.82) is 0 Å². The molecule has 2 nitrogen and oxygen atoms in total. The van der Waals surface area contributed by atoms with E-state index in [9.17, 15) is 0 Å². The van der Waals surface area contributed by atoms with Gasteiger partial charge in [-0.05, 0) is 166 Å². The Balaban J connectivity index is 0.995. The zero-order valence-electron chi connectivity index (χ0n) is 49.3. The van der Waals surface area contributed by atoms with Crippen molar-refractivity contribution in [3.8, 4) is 77.9 Å². The summed E-state index contributed by atoms with van der Waals surface area (Å²) in [6.07, 6.45) is 0. The summed E-state index contributed by atoms with van der Waals surface area (Å²) in [6.45, 7) is 9.56. The van der Waals surface area contributed by atoms with Crippen LogP contribution in [0, 0.1) is 0 Å². The molecule has 0 saturated carbocycles. The van der Waals surface area contributed by atoms with E-state index in [1.165, 1.54) is 117 Å². The molecule has 13 aromatic carbocycles. The van der Waals surface area contributed by atoms with Gasteiger partial charge in [-0.3, -0.25) is 0 Å². The number of benzene rings is 13. The molecule has 1 spiro atoms. The fraction of sp³-hybridized carbons (Fsp3) is 0.0824. The lowest BCUT2D eigenvalue weighted by atomic mass is 9.68. The smallest absolute Gasteiger partial charge is 0.0731 e. The van der Waals surface area contributed by atoms with Gasteiger partial charge < -0.3 is 9.80 Å². The molecule has 0 atom stereocenters. The maximum absolute atomic E-state index is 2.57. The van der Waals surface area contributed by atoms with Crippen molar-refractivity contribution in [2.45, 2.75) is 43.9 Å². The molecule has 0 heterocycles. The number of hydrogen-bond donors (Lipinski definition) is 0. The van der Waals surface area contributed by atoms with Crippen LogP contribution in [0.2, 0.25) is 0 Å². The fourth-order valence-corrected chi connectivity index (χ4v) is 16.0. The van der Waals surface area contributed by atoms with Crippen LogP contribution in [0.3, 0.4) is 0 Å². The summed E-state index contributed by atoms with van der Waals surface area (Å²) >= 11 is 0. The van der Waals surface area contributed by atoms with Gasteiger partial charge in [0.15, 0.2) is 0 Å². The van der Waals surface area contributed by atoms with Crippen molar-refractivity contribution in [2.75, 3.05) is 9.80 Å². The molecule has 0 unspecified atom stereocenters. The highest BCUT2D eigenvalue weighted by Gasteiger charge is 2.53. The van der Waals surface area contributed by atoms with Crippen LogP contribution in [-0.2, 0) is 16.2 Å². The lowest BCUT2D eigenvalue weighted by molar-refractivity contribution is 0.660. The molecule has 13 aromatic rings. The molecular weight excluding hydrogens is 1050 g/mol. The summed E-state index contributed by atoms with van der Waals surface area (Å²) in [5, 5.41) is 0. The molecule has 0 amide bonds. The summed E-state index contributed by atoms with van der Waals surface area (Å²) in [4.78, 5) is 5.13. The highest BCUT2D eigenvalue weighted by Crippen LogP contribution is 2.65. The van der Waals surface area contributed by atoms with Crippen LogP contribution in [0.1, 0.15) is 72.2 Å². The third-order valence-electron chi connectivity index (χ3n) is 19.9. The van der Waals surface area contributed by atoms with Gasteiger partial charge in [0.1, 0.15) is 0 Å². The molecule has 4 aliphatic carbocycles. The summed E-state index contributed by atoms with van der Waals surface area (Å²) in [6, 6.07) is 114. The van der Waals surface area contributed by atoms with Crippen molar-refractivity contribution in [1.82, 2.24) is 0 Å². The van der Waals surface area contributed by atoms with Crippen LogP contribution >= 0.6 is 0 Å². The molecule has 0 radical (unpaired) electrons. The van der Waals surface area contributed by atoms with Crippen LogP contribution in [0.5, 0.6) is 0 Å². The normalized spacial score (nSPS) is 14.3. The van der Waals surface area contributed by atoms with Gasteiger partial charge in [-0.25, -0.2) is 0 Å². The first-order valence-electron chi connectivity index (χ1n) is 30.7. The van der Waals surface area contributed by atoms with E-state index in [1.807, 2.05) is 0 Å². The second kappa shape index (κ2) is 19.2. The Morgan fingerprint density at radius 1 is 0.218 bits per heavy atom. The number of fused-ring (bicyclic) bond motifs is 16. The number of nitrogens with zero attached hydrogens (tertiary/aromatic N) is 2. The first kappa shape index (κ1) is 50.9. The largest absolute Gasteiger partial charge is 0.310 e. The van der Waals surface area contributed by atoms with E-state index in [0.29, 0.717) is 0 Å². The summed E-state index contributed by atoms with van der Waals surface area (Å²) in [7, 11) is 0. The van der Waals surface area contributed by atoms with E-state index in [1.54, 1.807) is 0 Å². The Morgan fingerprint density at radius 2 is 0.540 bits per heavy atom. The van der Waals surface area contributed by atoms with Crippen LogP contribution < -0.4 is 9.80 Å². The first-order valence-corrected chi connectivity index (χ1v) is 30.7. The molecule has 0 aromatic heterocycles. The van der Waals surface area contributed by atoms with Crippen LogP contribution in [-0.4, -0.2) is 0 Å². The van der Waals surface area contributed by atoms with Gasteiger partial charge in [0, 0.05) is 44.7 Å². The molecular formula is C85H62N2. The van der Waals surface area contributed by atoms with Gasteiger partial charge in [0.25, 0.3) is 0 Å². The Hall–Kier alpha value is -10.5. The van der Waals surface area contributed by atoms with Crippen molar-refractivity contribution in [3.05, 3.63) is 348 Å². The molecule has 412 valence electrons. The molecule has 0 saturated heterocycles. The number of anilines is 6. The van der Waals surface area contributed by atoms with Gasteiger partial charge in [0.2, 0.25) is 0 Å². The molecule has 0 fully saturated rings. The lowest BCUT2D eigenvalue weighted by Gasteiger charge is -2.34. The SMILES string of the molecule is CC1(C)c2ccccc2-c2c(N(c3ccc(-c4ccccc4)cc3)c3cc(-c4cccc5c4C4(c6ccccc6-c6ccccc64)c4ccccc4-5)cc(N(c4ccc(-c5ccccc5)cc4)c4cccc5c4-c4ccccc4C5(C)C)c3)cccc21. The molecule has 0 N–H and O–H groups in total. The highest BCUT2D eigenvalue weighted by molar-refractivity contribution is 6.03. The topological polar surface area (TPSA) is 6.48 Å².